The topological polar surface area (TPSA) is 80.6 Å². The fraction of sp³-hybridized carbons (Fsp3) is 0.208. The summed E-state index contributed by atoms with van der Waals surface area (Å²) >= 11 is 0. The zero-order valence-electron chi connectivity index (χ0n) is 17.1. The maximum Gasteiger partial charge on any atom is 0.304 e. The molecule has 7 nitrogen and oxygen atoms in total. The van der Waals surface area contributed by atoms with E-state index < -0.39 is 24.5 Å². The number of hydrogen-bond donors (Lipinski definition) is 1. The Labute approximate surface area is 178 Å². The molecule has 7 heteroatoms. The number of ether oxygens (including phenoxy) is 1. The molecule has 2 amide bonds. The Morgan fingerprint density at radius 2 is 1.77 bits per heavy atom. The van der Waals surface area contributed by atoms with Crippen LogP contribution >= 0.6 is 0 Å². The van der Waals surface area contributed by atoms with Crippen LogP contribution in [0.2, 0.25) is 0 Å². The number of amides is 2. The monoisotopic (exact) mass is 415 g/mol. The number of aryl methyl sites for hydroxylation is 1. The predicted molar refractivity (Wildman–Crippen MR) is 116 cm³/mol. The molecule has 3 aromatic rings. The van der Waals surface area contributed by atoms with Crippen molar-refractivity contribution in [1.29, 1.82) is 0 Å². The number of aromatic nitrogens is 1. The van der Waals surface area contributed by atoms with Gasteiger partial charge in [0, 0.05) is 41.3 Å². The largest absolute Gasteiger partial charge is 0.444 e. The van der Waals surface area contributed by atoms with E-state index in [1.54, 1.807) is 0 Å². The first-order chi connectivity index (χ1) is 15.1. The van der Waals surface area contributed by atoms with Gasteiger partial charge in [0.25, 0.3) is 11.8 Å². The summed E-state index contributed by atoms with van der Waals surface area (Å²) in [6.45, 7) is 1.71. The van der Waals surface area contributed by atoms with E-state index in [0.717, 1.165) is 46.4 Å². The maximum atomic E-state index is 13.5. The number of carbonyl (C=O) groups excluding carboxylic acids is 3. The molecule has 1 N–H and O–H groups in total. The Kier molecular flexibility index (Phi) is 4.58. The quantitative estimate of drug-likeness (QED) is 0.511. The Morgan fingerprint density at radius 1 is 1.03 bits per heavy atom. The second-order valence-corrected chi connectivity index (χ2v) is 7.64. The van der Waals surface area contributed by atoms with Crippen molar-refractivity contribution in [2.45, 2.75) is 26.3 Å². The van der Waals surface area contributed by atoms with E-state index in [-0.39, 0.29) is 5.70 Å². The lowest BCUT2D eigenvalue weighted by Gasteiger charge is -2.14. The highest BCUT2D eigenvalue weighted by Crippen LogP contribution is 2.40. The molecule has 2 aliphatic heterocycles. The molecule has 2 aromatic carbocycles. The number of esters is 1. The molecule has 0 fully saturated rings. The van der Waals surface area contributed by atoms with Crippen LogP contribution in [-0.4, -0.2) is 34.0 Å². The minimum absolute atomic E-state index is 0.203. The molecule has 0 aliphatic carbocycles. The standard InChI is InChI=1S/C24H21N3O4/c1-15(28)31-14-27-23(29)21(22(24(27)30)25-16-8-3-2-4-9-16)20-17-10-5-6-11-18(17)26-13-7-12-19(20)26/h2-6,8-11,25H,7,12-14H2,1H3. The minimum Gasteiger partial charge on any atom is -0.444 e. The molecule has 3 heterocycles. The number of hydrogen-bond acceptors (Lipinski definition) is 5. The number of carbonyl (C=O) groups is 3. The van der Waals surface area contributed by atoms with Crippen molar-refractivity contribution in [1.82, 2.24) is 9.47 Å². The van der Waals surface area contributed by atoms with Crippen LogP contribution in [0.15, 0.2) is 60.3 Å². The number of nitrogens with zero attached hydrogens (tertiary/aromatic N) is 2. The molecular formula is C24H21N3O4. The molecule has 31 heavy (non-hydrogen) atoms. The first kappa shape index (κ1) is 19.1. The van der Waals surface area contributed by atoms with Gasteiger partial charge in [0.2, 0.25) is 0 Å². The lowest BCUT2D eigenvalue weighted by atomic mass is 9.99. The number of rotatable bonds is 5. The van der Waals surface area contributed by atoms with Gasteiger partial charge < -0.3 is 14.6 Å². The van der Waals surface area contributed by atoms with Crippen molar-refractivity contribution < 1.29 is 19.1 Å². The maximum absolute atomic E-state index is 13.5. The van der Waals surface area contributed by atoms with E-state index in [1.165, 1.54) is 6.92 Å². The Hall–Kier alpha value is -3.87. The molecule has 0 unspecified atom stereocenters. The lowest BCUT2D eigenvalue weighted by Crippen LogP contribution is -2.35. The van der Waals surface area contributed by atoms with Gasteiger partial charge in [-0.25, -0.2) is 4.90 Å². The van der Waals surface area contributed by atoms with Gasteiger partial charge in [0.1, 0.15) is 5.70 Å². The number of nitrogens with one attached hydrogen (secondary N) is 1. The SMILES string of the molecule is CC(=O)OCN1C(=O)C(Nc2ccccc2)=C(c2c3n(c4ccccc24)CCC3)C1=O. The first-order valence-electron chi connectivity index (χ1n) is 10.2. The highest BCUT2D eigenvalue weighted by Gasteiger charge is 2.42. The van der Waals surface area contributed by atoms with Crippen LogP contribution in [0.1, 0.15) is 24.6 Å². The number of benzene rings is 2. The van der Waals surface area contributed by atoms with Gasteiger partial charge >= 0.3 is 5.97 Å². The average Bonchev–Trinajstić information content (AvgIpc) is 3.41. The molecule has 0 saturated heterocycles. The van der Waals surface area contributed by atoms with Gasteiger partial charge in [-0.1, -0.05) is 36.4 Å². The molecule has 5 rings (SSSR count). The average molecular weight is 415 g/mol. The van der Waals surface area contributed by atoms with E-state index in [1.807, 2.05) is 54.6 Å². The zero-order chi connectivity index (χ0) is 21.5. The van der Waals surface area contributed by atoms with Crippen molar-refractivity contribution in [3.05, 3.63) is 71.6 Å². The summed E-state index contributed by atoms with van der Waals surface area (Å²) in [6, 6.07) is 17.2. The van der Waals surface area contributed by atoms with Crippen molar-refractivity contribution >= 4 is 39.9 Å². The Morgan fingerprint density at radius 3 is 2.55 bits per heavy atom. The summed E-state index contributed by atoms with van der Waals surface area (Å²) in [6.07, 6.45) is 1.82. The predicted octanol–water partition coefficient (Wildman–Crippen LogP) is 3.30. The van der Waals surface area contributed by atoms with Crippen molar-refractivity contribution in [2.24, 2.45) is 0 Å². The number of para-hydroxylation sites is 2. The number of fused-ring (bicyclic) bond motifs is 3. The van der Waals surface area contributed by atoms with Gasteiger partial charge in [-0.15, -0.1) is 0 Å². The van der Waals surface area contributed by atoms with E-state index in [0.29, 0.717) is 11.3 Å². The fourth-order valence-corrected chi connectivity index (χ4v) is 4.42. The summed E-state index contributed by atoms with van der Waals surface area (Å²) in [4.78, 5) is 39.0. The van der Waals surface area contributed by atoms with Crippen molar-refractivity contribution in [3.8, 4) is 0 Å². The molecule has 0 saturated carbocycles. The second kappa shape index (κ2) is 7.43. The van der Waals surface area contributed by atoms with Crippen LogP contribution < -0.4 is 5.32 Å². The second-order valence-electron chi connectivity index (χ2n) is 7.64. The van der Waals surface area contributed by atoms with Crippen LogP contribution in [0.4, 0.5) is 5.69 Å². The van der Waals surface area contributed by atoms with Crippen molar-refractivity contribution in [3.63, 3.8) is 0 Å². The van der Waals surface area contributed by atoms with E-state index in [9.17, 15) is 14.4 Å². The van der Waals surface area contributed by atoms with Crippen LogP contribution in [0.25, 0.3) is 16.5 Å². The van der Waals surface area contributed by atoms with E-state index in [2.05, 4.69) is 9.88 Å². The van der Waals surface area contributed by atoms with Crippen LogP contribution in [0, 0.1) is 0 Å². The molecule has 0 radical (unpaired) electrons. The first-order valence-corrected chi connectivity index (χ1v) is 10.2. The molecule has 0 bridgehead atoms. The normalized spacial score (nSPS) is 15.7. The zero-order valence-corrected chi connectivity index (χ0v) is 17.1. The van der Waals surface area contributed by atoms with Crippen LogP contribution in [-0.2, 0) is 32.1 Å². The van der Waals surface area contributed by atoms with Gasteiger partial charge in [0.05, 0.1) is 5.57 Å². The summed E-state index contributed by atoms with van der Waals surface area (Å²) in [5, 5.41) is 4.09. The Bertz CT molecular complexity index is 1260. The smallest absolute Gasteiger partial charge is 0.304 e. The minimum atomic E-state index is -0.554. The van der Waals surface area contributed by atoms with Crippen molar-refractivity contribution in [2.75, 3.05) is 12.0 Å². The van der Waals surface area contributed by atoms with E-state index in [4.69, 9.17) is 4.74 Å². The number of imide groups is 1. The molecule has 2 aliphatic rings. The third-order valence-corrected chi connectivity index (χ3v) is 5.73. The molecule has 156 valence electrons. The van der Waals surface area contributed by atoms with Gasteiger partial charge in [-0.3, -0.25) is 14.4 Å². The number of anilines is 1. The van der Waals surface area contributed by atoms with Crippen LogP contribution in [0.5, 0.6) is 0 Å². The molecule has 1 aromatic heterocycles. The molecule has 0 spiro atoms. The fourth-order valence-electron chi connectivity index (χ4n) is 4.42. The summed E-state index contributed by atoms with van der Waals surface area (Å²) in [5.74, 6) is -1.52. The third kappa shape index (κ3) is 3.09. The van der Waals surface area contributed by atoms with E-state index >= 15 is 0 Å². The highest BCUT2D eigenvalue weighted by molar-refractivity contribution is 6.38. The summed E-state index contributed by atoms with van der Waals surface area (Å²) in [5.41, 5.74) is 4.12. The molecule has 0 atom stereocenters. The summed E-state index contributed by atoms with van der Waals surface area (Å²) < 4.78 is 7.22. The van der Waals surface area contributed by atoms with Crippen LogP contribution in [0.3, 0.4) is 0 Å². The van der Waals surface area contributed by atoms with Gasteiger partial charge in [-0.05, 0) is 31.0 Å². The third-order valence-electron chi connectivity index (χ3n) is 5.73. The summed E-state index contributed by atoms with van der Waals surface area (Å²) in [7, 11) is 0. The molecular weight excluding hydrogens is 394 g/mol. The lowest BCUT2D eigenvalue weighted by molar-refractivity contribution is -0.152. The van der Waals surface area contributed by atoms with Gasteiger partial charge in [-0.2, -0.15) is 0 Å². The Balaban J connectivity index is 1.69. The van der Waals surface area contributed by atoms with Gasteiger partial charge in [0.15, 0.2) is 6.73 Å². The highest BCUT2D eigenvalue weighted by atomic mass is 16.5.